The molecule has 0 atom stereocenters. The zero-order valence-electron chi connectivity index (χ0n) is 15.3. The number of ether oxygens (including phenoxy) is 1. The number of amides is 1. The summed E-state index contributed by atoms with van der Waals surface area (Å²) in [5.41, 5.74) is 3.08. The molecule has 1 aromatic heterocycles. The standard InChI is InChI=1S/C19H16Br3N3O3/c1-9-4-13(21)18(14(22)5-9)28-8-15(26)23-24-16-12-7-11(20)6-10(2)17(12)25(3)19(16)27/h4-7,27H,8H2,1-3H3. The number of carbonyl (C=O) groups is 1. The summed E-state index contributed by atoms with van der Waals surface area (Å²) in [6.07, 6.45) is 0. The second-order valence-electron chi connectivity index (χ2n) is 6.29. The van der Waals surface area contributed by atoms with Gasteiger partial charge in [-0.3, -0.25) is 4.79 Å². The number of benzene rings is 2. The average molecular weight is 574 g/mol. The van der Waals surface area contributed by atoms with Gasteiger partial charge in [-0.25, -0.2) is 0 Å². The predicted octanol–water partition coefficient (Wildman–Crippen LogP) is 6.48. The summed E-state index contributed by atoms with van der Waals surface area (Å²) >= 11 is 10.3. The van der Waals surface area contributed by atoms with Gasteiger partial charge in [0.2, 0.25) is 5.88 Å². The third-order valence-electron chi connectivity index (χ3n) is 4.13. The van der Waals surface area contributed by atoms with Crippen LogP contribution in [-0.2, 0) is 11.8 Å². The van der Waals surface area contributed by atoms with Gasteiger partial charge in [0.15, 0.2) is 12.3 Å². The number of hydrogen-bond donors (Lipinski definition) is 1. The number of fused-ring (bicyclic) bond motifs is 1. The van der Waals surface area contributed by atoms with Crippen molar-refractivity contribution in [1.29, 1.82) is 0 Å². The van der Waals surface area contributed by atoms with Gasteiger partial charge in [-0.2, -0.15) is 0 Å². The molecule has 28 heavy (non-hydrogen) atoms. The maximum Gasteiger partial charge on any atom is 0.302 e. The Morgan fingerprint density at radius 3 is 2.43 bits per heavy atom. The molecular weight excluding hydrogens is 558 g/mol. The third-order valence-corrected chi connectivity index (χ3v) is 5.77. The fourth-order valence-corrected chi connectivity index (χ4v) is 5.15. The number of halogens is 3. The highest BCUT2D eigenvalue weighted by Crippen LogP contribution is 2.41. The first-order valence-electron chi connectivity index (χ1n) is 8.19. The molecule has 0 radical (unpaired) electrons. The van der Waals surface area contributed by atoms with Crippen molar-refractivity contribution in [2.45, 2.75) is 13.8 Å². The summed E-state index contributed by atoms with van der Waals surface area (Å²) < 4.78 is 9.50. The Morgan fingerprint density at radius 1 is 1.14 bits per heavy atom. The van der Waals surface area contributed by atoms with Gasteiger partial charge in [-0.05, 0) is 81.1 Å². The number of rotatable bonds is 4. The summed E-state index contributed by atoms with van der Waals surface area (Å²) in [5, 5.41) is 18.8. The highest BCUT2D eigenvalue weighted by atomic mass is 79.9. The van der Waals surface area contributed by atoms with Crippen molar-refractivity contribution >= 4 is 70.3 Å². The fourth-order valence-electron chi connectivity index (χ4n) is 2.94. The topological polar surface area (TPSA) is 76.2 Å². The van der Waals surface area contributed by atoms with Crippen LogP contribution in [0.4, 0.5) is 5.69 Å². The molecule has 0 fully saturated rings. The van der Waals surface area contributed by atoms with Crippen molar-refractivity contribution < 1.29 is 14.6 Å². The molecule has 0 aliphatic heterocycles. The van der Waals surface area contributed by atoms with Gasteiger partial charge in [0.1, 0.15) is 5.75 Å². The Balaban J connectivity index is 1.83. The molecule has 3 aromatic rings. The van der Waals surface area contributed by atoms with Crippen LogP contribution in [0.15, 0.2) is 47.9 Å². The van der Waals surface area contributed by atoms with E-state index < -0.39 is 5.91 Å². The largest absolute Gasteiger partial charge is 0.493 e. The normalized spacial score (nSPS) is 11.5. The maximum atomic E-state index is 12.2. The van der Waals surface area contributed by atoms with Crippen molar-refractivity contribution in [2.75, 3.05) is 6.61 Å². The Bertz CT molecular complexity index is 1100. The smallest absolute Gasteiger partial charge is 0.302 e. The number of nitrogens with zero attached hydrogens (tertiary/aromatic N) is 3. The van der Waals surface area contributed by atoms with Crippen LogP contribution in [0.3, 0.4) is 0 Å². The molecule has 3 rings (SSSR count). The molecule has 0 bridgehead atoms. The molecule has 0 spiro atoms. The molecule has 0 unspecified atom stereocenters. The summed E-state index contributed by atoms with van der Waals surface area (Å²) in [5.74, 6) is -0.109. The Morgan fingerprint density at radius 2 is 1.79 bits per heavy atom. The second-order valence-corrected chi connectivity index (χ2v) is 8.91. The van der Waals surface area contributed by atoms with Crippen LogP contribution in [0, 0.1) is 13.8 Å². The molecule has 6 nitrogen and oxygen atoms in total. The van der Waals surface area contributed by atoms with Crippen LogP contribution in [0.5, 0.6) is 11.6 Å². The van der Waals surface area contributed by atoms with Gasteiger partial charge in [-0.1, -0.05) is 15.9 Å². The Hall–Kier alpha value is -1.71. The summed E-state index contributed by atoms with van der Waals surface area (Å²) in [4.78, 5) is 12.2. The number of carbonyl (C=O) groups excluding carboxylic acids is 1. The first-order valence-corrected chi connectivity index (χ1v) is 10.6. The first-order chi connectivity index (χ1) is 13.2. The van der Waals surface area contributed by atoms with Crippen LogP contribution in [0.1, 0.15) is 11.1 Å². The molecule has 1 amide bonds. The molecule has 9 heteroatoms. The number of hydrogen-bond acceptors (Lipinski definition) is 4. The van der Waals surface area contributed by atoms with Crippen LogP contribution in [-0.4, -0.2) is 22.2 Å². The minimum absolute atomic E-state index is 0.0577. The van der Waals surface area contributed by atoms with Crippen LogP contribution >= 0.6 is 47.8 Å². The molecular formula is C19H16Br3N3O3. The van der Waals surface area contributed by atoms with Gasteiger partial charge in [0, 0.05) is 16.9 Å². The molecule has 146 valence electrons. The van der Waals surface area contributed by atoms with Crippen molar-refractivity contribution in [2.24, 2.45) is 17.3 Å². The predicted molar refractivity (Wildman–Crippen MR) is 119 cm³/mol. The lowest BCUT2D eigenvalue weighted by Gasteiger charge is -2.09. The van der Waals surface area contributed by atoms with E-state index in [1.54, 1.807) is 11.6 Å². The minimum atomic E-state index is -0.567. The van der Waals surface area contributed by atoms with Gasteiger partial charge >= 0.3 is 5.91 Å². The van der Waals surface area contributed by atoms with E-state index in [2.05, 4.69) is 58.0 Å². The highest BCUT2D eigenvalue weighted by Gasteiger charge is 2.17. The molecule has 0 aliphatic rings. The summed E-state index contributed by atoms with van der Waals surface area (Å²) in [6.45, 7) is 3.61. The van der Waals surface area contributed by atoms with Gasteiger partial charge < -0.3 is 14.4 Å². The van der Waals surface area contributed by atoms with Crippen molar-refractivity contribution in [1.82, 2.24) is 4.57 Å². The van der Waals surface area contributed by atoms with E-state index in [4.69, 9.17) is 4.74 Å². The van der Waals surface area contributed by atoms with Crippen molar-refractivity contribution in [3.63, 3.8) is 0 Å². The SMILES string of the molecule is Cc1cc(Br)c(OCC(=O)N=Nc2c(O)n(C)c3c(C)cc(Br)cc23)c(Br)c1. The number of azo groups is 1. The van der Waals surface area contributed by atoms with E-state index in [0.717, 1.165) is 30.1 Å². The number of aromatic nitrogens is 1. The lowest BCUT2D eigenvalue weighted by Crippen LogP contribution is -2.08. The van der Waals surface area contributed by atoms with E-state index in [1.807, 2.05) is 38.1 Å². The highest BCUT2D eigenvalue weighted by molar-refractivity contribution is 9.11. The third kappa shape index (κ3) is 4.16. The Labute approximate surface area is 187 Å². The molecule has 1 heterocycles. The van der Waals surface area contributed by atoms with Gasteiger partial charge in [0.25, 0.3) is 0 Å². The summed E-state index contributed by atoms with van der Waals surface area (Å²) in [6, 6.07) is 7.55. The zero-order chi connectivity index (χ0) is 20.6. The van der Waals surface area contributed by atoms with Crippen molar-refractivity contribution in [3.8, 4) is 11.6 Å². The monoisotopic (exact) mass is 571 g/mol. The van der Waals surface area contributed by atoms with Crippen molar-refractivity contribution in [3.05, 3.63) is 48.8 Å². The zero-order valence-corrected chi connectivity index (χ0v) is 20.0. The van der Waals surface area contributed by atoms with E-state index >= 15 is 0 Å². The fraction of sp³-hybridized carbons (Fsp3) is 0.211. The summed E-state index contributed by atoms with van der Waals surface area (Å²) in [7, 11) is 1.73. The minimum Gasteiger partial charge on any atom is -0.493 e. The maximum absolute atomic E-state index is 12.2. The lowest BCUT2D eigenvalue weighted by atomic mass is 10.1. The second kappa shape index (κ2) is 8.34. The Kier molecular flexibility index (Phi) is 6.26. The van der Waals surface area contributed by atoms with Crippen LogP contribution in [0.2, 0.25) is 0 Å². The number of aryl methyl sites for hydroxylation is 3. The van der Waals surface area contributed by atoms with Crippen LogP contribution < -0.4 is 4.74 Å². The van der Waals surface area contributed by atoms with Gasteiger partial charge in [0.05, 0.1) is 14.5 Å². The molecule has 2 aromatic carbocycles. The van der Waals surface area contributed by atoms with E-state index in [1.165, 1.54) is 0 Å². The molecule has 0 saturated carbocycles. The molecule has 0 aliphatic carbocycles. The molecule has 1 N–H and O–H groups in total. The lowest BCUT2D eigenvalue weighted by molar-refractivity contribution is -0.120. The molecule has 0 saturated heterocycles. The quantitative estimate of drug-likeness (QED) is 0.363. The van der Waals surface area contributed by atoms with E-state index in [0.29, 0.717) is 11.1 Å². The van der Waals surface area contributed by atoms with E-state index in [-0.39, 0.29) is 18.2 Å². The van der Waals surface area contributed by atoms with Gasteiger partial charge in [-0.15, -0.1) is 10.2 Å². The van der Waals surface area contributed by atoms with Crippen LogP contribution in [0.25, 0.3) is 10.9 Å². The van der Waals surface area contributed by atoms with E-state index in [9.17, 15) is 9.90 Å². The number of aromatic hydroxyl groups is 1. The average Bonchev–Trinajstić information content (AvgIpc) is 2.82. The first kappa shape index (κ1) is 21.0.